The maximum absolute atomic E-state index is 12.5. The number of benzene rings is 2. The van der Waals surface area contributed by atoms with Gasteiger partial charge in [0.05, 0.1) is 22.4 Å². The highest BCUT2D eigenvalue weighted by Crippen LogP contribution is 2.23. The van der Waals surface area contributed by atoms with E-state index < -0.39 is 23.4 Å². The minimum absolute atomic E-state index is 0.152. The normalized spacial score (nSPS) is 10.5. The van der Waals surface area contributed by atoms with Crippen molar-refractivity contribution in [2.75, 3.05) is 22.1 Å². The molecule has 0 fully saturated rings. The quantitative estimate of drug-likeness (QED) is 0.289. The second kappa shape index (κ2) is 11.6. The monoisotopic (exact) mass is 518 g/mol. The van der Waals surface area contributed by atoms with Crippen molar-refractivity contribution in [2.45, 2.75) is 17.0 Å². The van der Waals surface area contributed by atoms with Gasteiger partial charge in [-0.15, -0.1) is 11.8 Å². The zero-order valence-corrected chi connectivity index (χ0v) is 20.1. The Labute approximate surface area is 206 Å². The lowest BCUT2D eigenvalue weighted by molar-refractivity contribution is -0.113. The number of nitrogens with zero attached hydrogens (tertiary/aromatic N) is 2. The fourth-order valence-electron chi connectivity index (χ4n) is 2.64. The smallest absolute Gasteiger partial charge is 0.336 e. The summed E-state index contributed by atoms with van der Waals surface area (Å²) in [4.78, 5) is 52.2. The van der Waals surface area contributed by atoms with E-state index in [4.69, 9.17) is 5.11 Å². The van der Waals surface area contributed by atoms with E-state index in [-0.39, 0.29) is 22.8 Å². The molecule has 4 N–H and O–H groups in total. The van der Waals surface area contributed by atoms with Crippen LogP contribution in [-0.2, 0) is 4.79 Å². The molecule has 0 radical (unpaired) electrons. The van der Waals surface area contributed by atoms with Crippen LogP contribution in [0, 0.1) is 0 Å². The number of carbonyl (C=O) groups is 4. The van der Waals surface area contributed by atoms with Gasteiger partial charge < -0.3 is 15.5 Å². The van der Waals surface area contributed by atoms with E-state index in [1.807, 2.05) is 6.92 Å². The predicted octanol–water partition coefficient (Wildman–Crippen LogP) is 4.03. The molecule has 2 amide bonds. The third-order valence-corrected chi connectivity index (χ3v) is 6.64. The summed E-state index contributed by atoms with van der Waals surface area (Å²) in [5.41, 5.74) is -0.394. The Morgan fingerprint density at radius 1 is 0.941 bits per heavy atom. The Kier molecular flexibility index (Phi) is 8.62. The van der Waals surface area contributed by atoms with E-state index in [1.54, 1.807) is 24.3 Å². The van der Waals surface area contributed by atoms with Crippen LogP contribution in [0.15, 0.2) is 52.5 Å². The van der Waals surface area contributed by atoms with E-state index in [0.717, 1.165) is 34.3 Å². The van der Waals surface area contributed by atoms with E-state index >= 15 is 0 Å². The Morgan fingerprint density at radius 2 is 1.68 bits per heavy atom. The molecule has 1 aromatic heterocycles. The lowest BCUT2D eigenvalue weighted by atomic mass is 10.0. The first-order valence-electron chi connectivity index (χ1n) is 9.68. The molecule has 0 saturated carbocycles. The van der Waals surface area contributed by atoms with Crippen molar-refractivity contribution >= 4 is 69.6 Å². The second-order valence-corrected chi connectivity index (χ2v) is 9.53. The molecule has 0 aliphatic carbocycles. The Morgan fingerprint density at radius 3 is 2.32 bits per heavy atom. The van der Waals surface area contributed by atoms with Gasteiger partial charge in [-0.1, -0.05) is 18.7 Å². The van der Waals surface area contributed by atoms with Crippen LogP contribution in [0.25, 0.3) is 0 Å². The van der Waals surface area contributed by atoms with Gasteiger partial charge in [-0.2, -0.15) is 9.36 Å². The Balaban J connectivity index is 1.57. The zero-order valence-electron chi connectivity index (χ0n) is 17.6. The maximum atomic E-state index is 12.5. The summed E-state index contributed by atoms with van der Waals surface area (Å²) < 4.78 is 4.14. The van der Waals surface area contributed by atoms with Crippen molar-refractivity contribution in [3.8, 4) is 0 Å². The van der Waals surface area contributed by atoms with Crippen LogP contribution in [0.3, 0.4) is 0 Å². The van der Waals surface area contributed by atoms with E-state index in [0.29, 0.717) is 16.0 Å². The summed E-state index contributed by atoms with van der Waals surface area (Å²) in [5.74, 6) is -2.62. The van der Waals surface area contributed by atoms with Gasteiger partial charge >= 0.3 is 11.9 Å². The third kappa shape index (κ3) is 6.79. The lowest BCUT2D eigenvalue weighted by Gasteiger charge is -2.09. The molecule has 0 bridgehead atoms. The van der Waals surface area contributed by atoms with Gasteiger partial charge in [-0.05, 0) is 48.2 Å². The first-order valence-corrected chi connectivity index (χ1v) is 12.4. The number of amides is 2. The number of carbonyl (C=O) groups excluding carboxylic acids is 2. The number of aromatic carboxylic acids is 2. The number of anilines is 2. The number of rotatable bonds is 10. The summed E-state index contributed by atoms with van der Waals surface area (Å²) in [6.07, 6.45) is 0. The van der Waals surface area contributed by atoms with Gasteiger partial charge in [0.25, 0.3) is 5.91 Å². The van der Waals surface area contributed by atoms with Crippen LogP contribution in [-0.4, -0.2) is 54.8 Å². The van der Waals surface area contributed by atoms with Crippen LogP contribution in [0.1, 0.15) is 38.0 Å². The summed E-state index contributed by atoms with van der Waals surface area (Å²) in [6, 6.07) is 9.91. The molecule has 3 rings (SSSR count). The standard InChI is InChI=1S/C21H18N4O6S3/c1-2-32-21-24-20(34-25-21)23-16(26)10-33-13-6-4-12(5-7-13)22-17(27)14-8-3-11(18(28)29)9-15(14)19(30)31/h3-9H,2,10H2,1H3,(H,22,27)(H,28,29)(H,30,31)(H,23,24,25,26). The number of hydrogen-bond acceptors (Lipinski definition) is 9. The van der Waals surface area contributed by atoms with Crippen LogP contribution >= 0.6 is 35.1 Å². The van der Waals surface area contributed by atoms with Crippen molar-refractivity contribution in [2.24, 2.45) is 0 Å². The van der Waals surface area contributed by atoms with Gasteiger partial charge in [-0.25, -0.2) is 9.59 Å². The van der Waals surface area contributed by atoms with E-state index in [2.05, 4.69) is 20.0 Å². The van der Waals surface area contributed by atoms with Gasteiger partial charge in [-0.3, -0.25) is 14.9 Å². The van der Waals surface area contributed by atoms with Crippen molar-refractivity contribution < 1.29 is 29.4 Å². The summed E-state index contributed by atoms with van der Waals surface area (Å²) in [7, 11) is 0. The number of carboxylic acids is 2. The van der Waals surface area contributed by atoms with Crippen molar-refractivity contribution in [1.82, 2.24) is 9.36 Å². The first kappa shape index (κ1) is 25.2. The largest absolute Gasteiger partial charge is 0.478 e. The van der Waals surface area contributed by atoms with Gasteiger partial charge in [0.2, 0.25) is 16.2 Å². The van der Waals surface area contributed by atoms with Crippen LogP contribution in [0.4, 0.5) is 10.8 Å². The molecule has 0 aliphatic rings. The number of thioether (sulfide) groups is 2. The van der Waals surface area contributed by atoms with Crippen LogP contribution < -0.4 is 10.6 Å². The molecule has 34 heavy (non-hydrogen) atoms. The highest BCUT2D eigenvalue weighted by Gasteiger charge is 2.19. The number of carboxylic acid groups (broad SMARTS) is 2. The van der Waals surface area contributed by atoms with Crippen molar-refractivity contribution in [3.63, 3.8) is 0 Å². The fourth-order valence-corrected chi connectivity index (χ4v) is 4.62. The third-order valence-electron chi connectivity index (χ3n) is 4.15. The summed E-state index contributed by atoms with van der Waals surface area (Å²) >= 11 is 3.90. The summed E-state index contributed by atoms with van der Waals surface area (Å²) in [6.45, 7) is 1.99. The molecular formula is C21H18N4O6S3. The first-order chi connectivity index (χ1) is 16.3. The molecule has 2 aromatic carbocycles. The molecule has 13 heteroatoms. The molecule has 0 saturated heterocycles. The molecule has 0 unspecified atom stereocenters. The SMILES string of the molecule is CCSc1nsc(NC(=O)CSc2ccc(NC(=O)c3ccc(C(=O)O)cc3C(=O)O)cc2)n1. The maximum Gasteiger partial charge on any atom is 0.336 e. The molecule has 0 aliphatic heterocycles. The van der Waals surface area contributed by atoms with Crippen LogP contribution in [0.5, 0.6) is 0 Å². The van der Waals surface area contributed by atoms with Gasteiger partial charge in [0.15, 0.2) is 0 Å². The molecule has 3 aromatic rings. The second-order valence-electron chi connectivity index (χ2n) is 6.50. The lowest BCUT2D eigenvalue weighted by Crippen LogP contribution is -2.17. The molecule has 1 heterocycles. The number of nitrogens with one attached hydrogen (secondary N) is 2. The Hall–Kier alpha value is -3.42. The average molecular weight is 519 g/mol. The molecule has 176 valence electrons. The van der Waals surface area contributed by atoms with Crippen LogP contribution in [0.2, 0.25) is 0 Å². The molecular weight excluding hydrogens is 500 g/mol. The number of hydrogen-bond donors (Lipinski definition) is 4. The van der Waals surface area contributed by atoms with Crippen molar-refractivity contribution in [1.29, 1.82) is 0 Å². The highest BCUT2D eigenvalue weighted by atomic mass is 32.2. The van der Waals surface area contributed by atoms with Gasteiger partial charge in [0, 0.05) is 22.1 Å². The van der Waals surface area contributed by atoms with Crippen molar-refractivity contribution in [3.05, 3.63) is 59.2 Å². The molecule has 10 nitrogen and oxygen atoms in total. The van der Waals surface area contributed by atoms with E-state index in [1.165, 1.54) is 29.6 Å². The topological polar surface area (TPSA) is 159 Å². The molecule has 0 spiro atoms. The van der Waals surface area contributed by atoms with E-state index in [9.17, 15) is 24.3 Å². The predicted molar refractivity (Wildman–Crippen MR) is 130 cm³/mol. The zero-order chi connectivity index (χ0) is 24.7. The van der Waals surface area contributed by atoms with Gasteiger partial charge in [0.1, 0.15) is 0 Å². The highest BCUT2D eigenvalue weighted by molar-refractivity contribution is 8.00. The Bertz CT molecular complexity index is 1230. The number of aromatic nitrogens is 2. The average Bonchev–Trinajstić information content (AvgIpc) is 3.25. The summed E-state index contributed by atoms with van der Waals surface area (Å²) in [5, 5.41) is 24.7. The minimum atomic E-state index is -1.41. The fraction of sp³-hybridized carbons (Fsp3) is 0.143. The molecule has 0 atom stereocenters. The minimum Gasteiger partial charge on any atom is -0.478 e.